The molecule has 1 aromatic heterocycles. The predicted molar refractivity (Wildman–Crippen MR) is 82.2 cm³/mol. The number of aromatic nitrogens is 3. The van der Waals surface area contributed by atoms with Gasteiger partial charge in [0, 0.05) is 4.47 Å². The molecule has 6 nitrogen and oxygen atoms in total. The Hall–Kier alpha value is -1.89. The van der Waals surface area contributed by atoms with Crippen LogP contribution in [0.3, 0.4) is 0 Å². The molecular formula is C13H16BrN5O. The highest BCUT2D eigenvalue weighted by atomic mass is 79.9. The fourth-order valence-corrected chi connectivity index (χ4v) is 1.91. The van der Waals surface area contributed by atoms with E-state index in [4.69, 9.17) is 10.5 Å². The molecule has 0 radical (unpaired) electrons. The first-order valence-corrected chi connectivity index (χ1v) is 7.06. The minimum atomic E-state index is 0.123. The van der Waals surface area contributed by atoms with E-state index in [1.54, 1.807) is 0 Å². The van der Waals surface area contributed by atoms with Gasteiger partial charge in [0.05, 0.1) is 12.3 Å². The van der Waals surface area contributed by atoms with Crippen molar-refractivity contribution in [2.75, 3.05) is 17.7 Å². The molecule has 2 rings (SSSR count). The van der Waals surface area contributed by atoms with Gasteiger partial charge in [0.25, 0.3) is 0 Å². The number of nitrogens with one attached hydrogen (secondary N) is 1. The highest BCUT2D eigenvalue weighted by Crippen LogP contribution is 2.27. The molecule has 0 aliphatic carbocycles. The second kappa shape index (κ2) is 6.51. The van der Waals surface area contributed by atoms with Crippen molar-refractivity contribution in [1.29, 1.82) is 0 Å². The Morgan fingerprint density at radius 1 is 1.30 bits per heavy atom. The van der Waals surface area contributed by atoms with Gasteiger partial charge >= 0.3 is 6.01 Å². The number of ether oxygens (including phenoxy) is 1. The molecule has 0 atom stereocenters. The van der Waals surface area contributed by atoms with Crippen molar-refractivity contribution in [3.8, 4) is 6.01 Å². The zero-order valence-corrected chi connectivity index (χ0v) is 12.9. The largest absolute Gasteiger partial charge is 0.463 e. The molecule has 0 aliphatic rings. The third-order valence-electron chi connectivity index (χ3n) is 2.51. The molecular weight excluding hydrogens is 322 g/mol. The van der Waals surface area contributed by atoms with Crippen LogP contribution in [-0.4, -0.2) is 21.6 Å². The monoisotopic (exact) mass is 337 g/mol. The normalized spacial score (nSPS) is 10.3. The number of halogens is 1. The highest BCUT2D eigenvalue weighted by Gasteiger charge is 2.08. The minimum Gasteiger partial charge on any atom is -0.463 e. The van der Waals surface area contributed by atoms with Crippen LogP contribution in [0.25, 0.3) is 0 Å². The Morgan fingerprint density at radius 3 is 2.85 bits per heavy atom. The van der Waals surface area contributed by atoms with Crippen LogP contribution >= 0.6 is 15.9 Å². The lowest BCUT2D eigenvalue weighted by Crippen LogP contribution is -2.07. The van der Waals surface area contributed by atoms with Crippen molar-refractivity contribution < 1.29 is 4.74 Å². The van der Waals surface area contributed by atoms with E-state index in [-0.39, 0.29) is 12.0 Å². The molecule has 1 aromatic carbocycles. The zero-order valence-electron chi connectivity index (χ0n) is 11.4. The van der Waals surface area contributed by atoms with Crippen LogP contribution in [0.1, 0.15) is 18.9 Å². The molecule has 0 fully saturated rings. The molecule has 0 unspecified atom stereocenters. The molecule has 0 saturated heterocycles. The first kappa shape index (κ1) is 14.5. The predicted octanol–water partition coefficient (Wildman–Crippen LogP) is 3.06. The van der Waals surface area contributed by atoms with Crippen molar-refractivity contribution in [1.82, 2.24) is 15.0 Å². The summed E-state index contributed by atoms with van der Waals surface area (Å²) in [6.07, 6.45) is 0.873. The van der Waals surface area contributed by atoms with Gasteiger partial charge in [0.1, 0.15) is 0 Å². The Kier molecular flexibility index (Phi) is 4.73. The number of nitrogens with zero attached hydrogens (tertiary/aromatic N) is 3. The van der Waals surface area contributed by atoms with Gasteiger partial charge < -0.3 is 15.8 Å². The average molecular weight is 338 g/mol. The molecule has 0 spiro atoms. The Labute approximate surface area is 125 Å². The molecule has 7 heteroatoms. The van der Waals surface area contributed by atoms with Gasteiger partial charge in [-0.2, -0.15) is 15.0 Å². The van der Waals surface area contributed by atoms with E-state index in [0.29, 0.717) is 12.6 Å². The van der Waals surface area contributed by atoms with Crippen molar-refractivity contribution in [3.05, 3.63) is 28.2 Å². The van der Waals surface area contributed by atoms with E-state index in [2.05, 4.69) is 36.2 Å². The van der Waals surface area contributed by atoms with Crippen molar-refractivity contribution >= 4 is 33.5 Å². The third kappa shape index (κ3) is 3.57. The van der Waals surface area contributed by atoms with Gasteiger partial charge in [-0.25, -0.2) is 0 Å². The second-order valence-electron chi connectivity index (χ2n) is 4.21. The summed E-state index contributed by atoms with van der Waals surface area (Å²) in [6, 6.07) is 6.10. The average Bonchev–Trinajstić information content (AvgIpc) is 2.41. The van der Waals surface area contributed by atoms with Gasteiger partial charge in [0.15, 0.2) is 0 Å². The molecule has 0 amide bonds. The van der Waals surface area contributed by atoms with Gasteiger partial charge in [-0.3, -0.25) is 0 Å². The van der Waals surface area contributed by atoms with E-state index >= 15 is 0 Å². The number of anilines is 3. The smallest absolute Gasteiger partial charge is 0.323 e. The molecule has 2 aromatic rings. The topological polar surface area (TPSA) is 86.0 Å². The minimum absolute atomic E-state index is 0.123. The lowest BCUT2D eigenvalue weighted by molar-refractivity contribution is 0.292. The van der Waals surface area contributed by atoms with Crippen molar-refractivity contribution in [2.24, 2.45) is 0 Å². The molecule has 106 valence electrons. The molecule has 3 N–H and O–H groups in total. The molecule has 20 heavy (non-hydrogen) atoms. The van der Waals surface area contributed by atoms with Crippen LogP contribution in [0.2, 0.25) is 0 Å². The van der Waals surface area contributed by atoms with Crippen LogP contribution in [0.15, 0.2) is 22.7 Å². The first-order valence-electron chi connectivity index (χ1n) is 6.26. The van der Waals surface area contributed by atoms with Crippen molar-refractivity contribution in [2.45, 2.75) is 20.3 Å². The van der Waals surface area contributed by atoms with Crippen LogP contribution in [0, 0.1) is 6.92 Å². The van der Waals surface area contributed by atoms with E-state index in [1.165, 1.54) is 0 Å². The fourth-order valence-electron chi connectivity index (χ4n) is 1.55. The van der Waals surface area contributed by atoms with Gasteiger partial charge in [-0.1, -0.05) is 19.1 Å². The second-order valence-corrected chi connectivity index (χ2v) is 5.00. The summed E-state index contributed by atoms with van der Waals surface area (Å²) in [7, 11) is 0. The maximum atomic E-state index is 5.66. The SMILES string of the molecule is CCCOc1nc(N)nc(Nc2cccc(C)c2Br)n1. The first-order chi connectivity index (χ1) is 9.60. The zero-order chi connectivity index (χ0) is 14.5. The quantitative estimate of drug-likeness (QED) is 0.871. The van der Waals surface area contributed by atoms with Crippen LogP contribution in [0.5, 0.6) is 6.01 Å². The summed E-state index contributed by atoms with van der Waals surface area (Å²) in [6.45, 7) is 4.55. The van der Waals surface area contributed by atoms with Crippen LogP contribution in [-0.2, 0) is 0 Å². The lowest BCUT2D eigenvalue weighted by atomic mass is 10.2. The summed E-state index contributed by atoms with van der Waals surface area (Å²) < 4.78 is 6.33. The van der Waals surface area contributed by atoms with E-state index in [0.717, 1.165) is 22.1 Å². The van der Waals surface area contributed by atoms with E-state index in [9.17, 15) is 0 Å². The highest BCUT2D eigenvalue weighted by molar-refractivity contribution is 9.10. The standard InChI is InChI=1S/C13H16BrN5O/c1-3-7-20-13-18-11(15)17-12(19-13)16-9-6-4-5-8(2)10(9)14/h4-6H,3,7H2,1-2H3,(H3,15,16,17,18,19). The summed E-state index contributed by atoms with van der Waals surface area (Å²) >= 11 is 3.52. The number of nitrogen functional groups attached to an aromatic ring is 1. The summed E-state index contributed by atoms with van der Waals surface area (Å²) in [5.41, 5.74) is 7.63. The van der Waals surface area contributed by atoms with Crippen molar-refractivity contribution in [3.63, 3.8) is 0 Å². The van der Waals surface area contributed by atoms with Gasteiger partial charge in [-0.05, 0) is 40.9 Å². The van der Waals surface area contributed by atoms with Crippen LogP contribution < -0.4 is 15.8 Å². The molecule has 1 heterocycles. The Bertz CT molecular complexity index is 605. The van der Waals surface area contributed by atoms with E-state index < -0.39 is 0 Å². The summed E-state index contributed by atoms with van der Waals surface area (Å²) in [4.78, 5) is 12.2. The Balaban J connectivity index is 2.24. The molecule has 0 aliphatic heterocycles. The van der Waals surface area contributed by atoms with Crippen LogP contribution in [0.4, 0.5) is 17.6 Å². The van der Waals surface area contributed by atoms with Gasteiger partial charge in [-0.15, -0.1) is 0 Å². The molecule has 0 bridgehead atoms. The summed E-state index contributed by atoms with van der Waals surface area (Å²) in [5, 5.41) is 3.10. The number of benzene rings is 1. The fraction of sp³-hybridized carbons (Fsp3) is 0.308. The maximum absolute atomic E-state index is 5.66. The number of nitrogens with two attached hydrogens (primary N) is 1. The maximum Gasteiger partial charge on any atom is 0.323 e. The Morgan fingerprint density at radius 2 is 2.10 bits per heavy atom. The third-order valence-corrected chi connectivity index (χ3v) is 3.56. The van der Waals surface area contributed by atoms with Gasteiger partial charge in [0.2, 0.25) is 11.9 Å². The number of hydrogen-bond acceptors (Lipinski definition) is 6. The lowest BCUT2D eigenvalue weighted by Gasteiger charge is -2.10. The number of rotatable bonds is 5. The number of hydrogen-bond donors (Lipinski definition) is 2. The van der Waals surface area contributed by atoms with E-state index in [1.807, 2.05) is 32.0 Å². The number of aryl methyl sites for hydroxylation is 1. The summed E-state index contributed by atoms with van der Waals surface area (Å²) in [5.74, 6) is 0.479. The molecule has 0 saturated carbocycles.